The molecule has 208 valence electrons. The Labute approximate surface area is 253 Å². The maximum atomic E-state index is 14.0. The number of hydrogen-bond donors (Lipinski definition) is 0. The Morgan fingerprint density at radius 3 is 2.46 bits per heavy atom. The van der Waals surface area contributed by atoms with Crippen LogP contribution in [-0.2, 0) is 14.3 Å². The van der Waals surface area contributed by atoms with E-state index < -0.39 is 18.0 Å². The molecule has 0 amide bonds. The summed E-state index contributed by atoms with van der Waals surface area (Å²) >= 11 is 6.29. The number of hydrogen-bond acceptors (Lipinski definition) is 8. The second-order valence-electron chi connectivity index (χ2n) is 8.99. The Kier molecular flexibility index (Phi) is 8.72. The molecule has 3 aromatic carbocycles. The van der Waals surface area contributed by atoms with Crippen LogP contribution in [0.1, 0.15) is 36.6 Å². The smallest absolute Gasteiger partial charge is 0.338 e. The monoisotopic (exact) mass is 648 g/mol. The van der Waals surface area contributed by atoms with Crippen LogP contribution in [0.4, 0.5) is 0 Å². The molecule has 41 heavy (non-hydrogen) atoms. The number of rotatable bonds is 7. The molecule has 0 saturated heterocycles. The van der Waals surface area contributed by atoms with Crippen molar-refractivity contribution in [3.05, 3.63) is 119 Å². The van der Waals surface area contributed by atoms with Crippen molar-refractivity contribution < 1.29 is 19.1 Å². The first kappa shape index (κ1) is 28.8. The van der Waals surface area contributed by atoms with Gasteiger partial charge >= 0.3 is 11.9 Å². The number of nitrogens with zero attached hydrogens (tertiary/aromatic N) is 2. The van der Waals surface area contributed by atoms with Crippen molar-refractivity contribution in [1.29, 1.82) is 0 Å². The van der Waals surface area contributed by atoms with Gasteiger partial charge in [0, 0.05) is 17.4 Å². The molecule has 2 heterocycles. The highest BCUT2D eigenvalue weighted by Gasteiger charge is 2.35. The molecule has 0 saturated carbocycles. The van der Waals surface area contributed by atoms with Gasteiger partial charge in [-0.3, -0.25) is 14.2 Å². The minimum Gasteiger partial charge on any atom is -0.463 e. The van der Waals surface area contributed by atoms with E-state index in [9.17, 15) is 14.4 Å². The summed E-state index contributed by atoms with van der Waals surface area (Å²) in [5, 5.41) is 0. The summed E-state index contributed by atoms with van der Waals surface area (Å²) in [7, 11) is 0. The van der Waals surface area contributed by atoms with Gasteiger partial charge in [0.2, 0.25) is 0 Å². The van der Waals surface area contributed by atoms with Gasteiger partial charge in [-0.25, -0.2) is 9.79 Å². The number of thioether (sulfide) groups is 1. The van der Waals surface area contributed by atoms with Crippen LogP contribution in [0.15, 0.2) is 97.5 Å². The van der Waals surface area contributed by atoms with Crippen LogP contribution in [0.5, 0.6) is 5.75 Å². The van der Waals surface area contributed by atoms with E-state index >= 15 is 0 Å². The van der Waals surface area contributed by atoms with Crippen LogP contribution >= 0.6 is 39.0 Å². The van der Waals surface area contributed by atoms with E-state index in [1.165, 1.54) is 18.3 Å². The Balaban J connectivity index is 1.75. The molecule has 10 heteroatoms. The van der Waals surface area contributed by atoms with Crippen LogP contribution in [0, 0.1) is 0 Å². The summed E-state index contributed by atoms with van der Waals surface area (Å²) < 4.78 is 13.3. The number of aromatic nitrogens is 1. The number of esters is 2. The molecular formula is C31H25BrN2O5S2. The molecule has 4 aromatic rings. The molecule has 7 nitrogen and oxygen atoms in total. The lowest BCUT2D eigenvalue weighted by atomic mass is 9.93. The fourth-order valence-electron chi connectivity index (χ4n) is 4.54. The van der Waals surface area contributed by atoms with Crippen molar-refractivity contribution in [2.45, 2.75) is 24.8 Å². The third-order valence-corrected chi connectivity index (χ3v) is 8.66. The summed E-state index contributed by atoms with van der Waals surface area (Å²) in [5.74, 6) is -0.561. The van der Waals surface area contributed by atoms with Gasteiger partial charge in [-0.2, -0.15) is 0 Å². The van der Waals surface area contributed by atoms with E-state index in [2.05, 4.69) is 15.9 Å². The topological polar surface area (TPSA) is 87.0 Å². The first-order chi connectivity index (χ1) is 19.8. The highest BCUT2D eigenvalue weighted by Crippen LogP contribution is 2.35. The van der Waals surface area contributed by atoms with E-state index in [1.807, 2.05) is 60.9 Å². The second-order valence-corrected chi connectivity index (χ2v) is 11.7. The van der Waals surface area contributed by atoms with Gasteiger partial charge in [0.1, 0.15) is 5.75 Å². The standard InChI is InChI=1S/C31H25BrN2O5S2/c1-4-38-30(37)26-27(20-8-6-5-7-9-20)33-31-34(28(26)21-11-13-22(40-3)14-12-21)29(36)25(41-31)17-19-10-15-24(23(32)16-19)39-18(2)35/h5-17,28H,4H2,1-3H3/b25-17-/t28-/m0/s1. The zero-order valence-corrected chi connectivity index (χ0v) is 25.6. The van der Waals surface area contributed by atoms with Gasteiger partial charge in [0.25, 0.3) is 5.56 Å². The SMILES string of the molecule is CCOC(=O)C1=C(c2ccccc2)N=c2s/c(=C\c3ccc(OC(C)=O)c(Br)c3)c(=O)n2[C@H]1c1ccc(SC)cc1. The number of benzene rings is 3. The highest BCUT2D eigenvalue weighted by molar-refractivity contribution is 9.10. The van der Waals surface area contributed by atoms with Crippen LogP contribution in [0.2, 0.25) is 0 Å². The summed E-state index contributed by atoms with van der Waals surface area (Å²) in [6.45, 7) is 3.27. The van der Waals surface area contributed by atoms with Crippen molar-refractivity contribution in [3.8, 4) is 5.75 Å². The summed E-state index contributed by atoms with van der Waals surface area (Å²) in [6.07, 6.45) is 3.75. The fraction of sp³-hybridized carbons (Fsp3) is 0.161. The van der Waals surface area contributed by atoms with E-state index in [-0.39, 0.29) is 12.2 Å². The Morgan fingerprint density at radius 1 is 1.10 bits per heavy atom. The van der Waals surface area contributed by atoms with Gasteiger partial charge in [-0.1, -0.05) is 59.9 Å². The lowest BCUT2D eigenvalue weighted by Gasteiger charge is -2.26. The molecule has 0 N–H and O–H groups in total. The normalized spacial score (nSPS) is 14.8. The lowest BCUT2D eigenvalue weighted by Crippen LogP contribution is -2.40. The van der Waals surface area contributed by atoms with Gasteiger partial charge < -0.3 is 9.47 Å². The van der Waals surface area contributed by atoms with Crippen molar-refractivity contribution in [1.82, 2.24) is 4.57 Å². The zero-order valence-electron chi connectivity index (χ0n) is 22.4. The van der Waals surface area contributed by atoms with Gasteiger partial charge in [0.05, 0.1) is 32.9 Å². The molecule has 0 aliphatic carbocycles. The van der Waals surface area contributed by atoms with Crippen LogP contribution in [0.25, 0.3) is 11.8 Å². The minimum atomic E-state index is -0.739. The largest absolute Gasteiger partial charge is 0.463 e. The third-order valence-electron chi connectivity index (χ3n) is 6.31. The first-order valence-electron chi connectivity index (χ1n) is 12.7. The molecule has 0 unspecified atom stereocenters. The Bertz CT molecular complexity index is 1840. The number of ether oxygens (including phenoxy) is 2. The van der Waals surface area contributed by atoms with Crippen molar-refractivity contribution in [2.75, 3.05) is 12.9 Å². The Morgan fingerprint density at radius 2 is 1.83 bits per heavy atom. The summed E-state index contributed by atoms with van der Waals surface area (Å²) in [4.78, 5) is 45.4. The minimum absolute atomic E-state index is 0.186. The molecule has 5 rings (SSSR count). The second kappa shape index (κ2) is 12.4. The van der Waals surface area contributed by atoms with E-state index in [1.54, 1.807) is 47.5 Å². The van der Waals surface area contributed by atoms with E-state index in [0.717, 1.165) is 21.6 Å². The molecule has 0 spiro atoms. The van der Waals surface area contributed by atoms with Gasteiger partial charge in [-0.05, 0) is 70.6 Å². The molecule has 0 radical (unpaired) electrons. The van der Waals surface area contributed by atoms with E-state index in [4.69, 9.17) is 14.5 Å². The summed E-state index contributed by atoms with van der Waals surface area (Å²) in [5.41, 5.74) is 2.76. The zero-order chi connectivity index (χ0) is 29.1. The quantitative estimate of drug-likeness (QED) is 0.153. The fourth-order valence-corrected chi connectivity index (χ4v) is 6.42. The Hall–Kier alpha value is -3.73. The average Bonchev–Trinajstić information content (AvgIpc) is 3.28. The molecule has 0 fully saturated rings. The number of halogens is 1. The molecule has 1 atom stereocenters. The molecule has 0 bridgehead atoms. The first-order valence-corrected chi connectivity index (χ1v) is 15.5. The predicted octanol–water partition coefficient (Wildman–Crippen LogP) is 5.35. The third kappa shape index (κ3) is 6.00. The van der Waals surface area contributed by atoms with Crippen molar-refractivity contribution in [2.24, 2.45) is 4.99 Å². The maximum absolute atomic E-state index is 14.0. The highest BCUT2D eigenvalue weighted by atomic mass is 79.9. The van der Waals surface area contributed by atoms with Gasteiger partial charge in [-0.15, -0.1) is 11.8 Å². The maximum Gasteiger partial charge on any atom is 0.338 e. The number of carbonyl (C=O) groups is 2. The van der Waals surface area contributed by atoms with Crippen molar-refractivity contribution >= 4 is 62.7 Å². The average molecular weight is 650 g/mol. The predicted molar refractivity (Wildman–Crippen MR) is 165 cm³/mol. The molecule has 1 aliphatic heterocycles. The van der Waals surface area contributed by atoms with Crippen molar-refractivity contribution in [3.63, 3.8) is 0 Å². The number of carbonyl (C=O) groups excluding carboxylic acids is 2. The molecule has 1 aromatic heterocycles. The number of fused-ring (bicyclic) bond motifs is 1. The van der Waals surface area contributed by atoms with Gasteiger partial charge in [0.15, 0.2) is 4.80 Å². The number of thiazole rings is 1. The van der Waals surface area contributed by atoms with Crippen LogP contribution in [0.3, 0.4) is 0 Å². The van der Waals surface area contributed by atoms with Crippen LogP contribution < -0.4 is 19.6 Å². The summed E-state index contributed by atoms with van der Waals surface area (Å²) in [6, 6.07) is 21.7. The van der Waals surface area contributed by atoms with E-state index in [0.29, 0.717) is 30.8 Å². The molecular weight excluding hydrogens is 624 g/mol. The molecule has 1 aliphatic rings. The lowest BCUT2D eigenvalue weighted by molar-refractivity contribution is -0.139. The van der Waals surface area contributed by atoms with Crippen LogP contribution in [-0.4, -0.2) is 29.4 Å².